The van der Waals surface area contributed by atoms with Crippen molar-refractivity contribution < 1.29 is 4.79 Å². The Morgan fingerprint density at radius 3 is 2.48 bits per heavy atom. The summed E-state index contributed by atoms with van der Waals surface area (Å²) in [6, 6.07) is 12.0. The Morgan fingerprint density at radius 2 is 1.81 bits per heavy atom. The van der Waals surface area contributed by atoms with Gasteiger partial charge < -0.3 is 9.80 Å². The summed E-state index contributed by atoms with van der Waals surface area (Å²) in [4.78, 5) is 24.1. The summed E-state index contributed by atoms with van der Waals surface area (Å²) in [5.74, 6) is 0.127. The Bertz CT molecular complexity index is 795. The summed E-state index contributed by atoms with van der Waals surface area (Å²) in [7, 11) is 4.19. The molecule has 0 spiro atoms. The molecule has 1 aromatic heterocycles. The van der Waals surface area contributed by atoms with Gasteiger partial charge in [-0.2, -0.15) is 0 Å². The molecule has 1 aliphatic heterocycles. The molecule has 3 rings (SSSR count). The molecule has 1 aliphatic rings. The van der Waals surface area contributed by atoms with Crippen LogP contribution in [0.25, 0.3) is 11.1 Å². The molecule has 1 aromatic carbocycles. The molecule has 5 nitrogen and oxygen atoms in total. The lowest BCUT2D eigenvalue weighted by Crippen LogP contribution is -2.49. The Hall–Kier alpha value is -2.24. The molecule has 1 fully saturated rings. The standard InChI is InChI=1S/C22H30N4O/c1-17-8-9-21(18(2)23-17)19-6-5-7-20(16-19)22(27)26-14-12-25(13-15-26)11-10-24(3)4/h5-9,16H,10-15H2,1-4H3. The highest BCUT2D eigenvalue weighted by molar-refractivity contribution is 5.95. The highest BCUT2D eigenvalue weighted by Crippen LogP contribution is 2.24. The van der Waals surface area contributed by atoms with Crippen LogP contribution in [0.3, 0.4) is 0 Å². The molecule has 27 heavy (non-hydrogen) atoms. The van der Waals surface area contributed by atoms with E-state index in [0.29, 0.717) is 0 Å². The summed E-state index contributed by atoms with van der Waals surface area (Å²) in [5.41, 5.74) is 4.90. The van der Waals surface area contributed by atoms with E-state index in [-0.39, 0.29) is 5.91 Å². The molecule has 2 heterocycles. The van der Waals surface area contributed by atoms with Crippen LogP contribution in [0, 0.1) is 13.8 Å². The number of aromatic nitrogens is 1. The molecular formula is C22H30N4O. The summed E-state index contributed by atoms with van der Waals surface area (Å²) in [5, 5.41) is 0. The van der Waals surface area contributed by atoms with E-state index >= 15 is 0 Å². The summed E-state index contributed by atoms with van der Waals surface area (Å²) in [6.07, 6.45) is 0. The van der Waals surface area contributed by atoms with Crippen LogP contribution >= 0.6 is 0 Å². The Balaban J connectivity index is 1.68. The zero-order chi connectivity index (χ0) is 19.4. The van der Waals surface area contributed by atoms with Gasteiger partial charge in [-0.3, -0.25) is 14.7 Å². The smallest absolute Gasteiger partial charge is 0.253 e. The number of pyridine rings is 1. The zero-order valence-corrected chi connectivity index (χ0v) is 16.9. The van der Waals surface area contributed by atoms with E-state index in [0.717, 1.165) is 67.3 Å². The number of hydrogen-bond acceptors (Lipinski definition) is 4. The molecule has 2 aromatic rings. The van der Waals surface area contributed by atoms with Crippen LogP contribution in [0.5, 0.6) is 0 Å². The van der Waals surface area contributed by atoms with Crippen LogP contribution in [0.4, 0.5) is 0 Å². The molecular weight excluding hydrogens is 336 g/mol. The summed E-state index contributed by atoms with van der Waals surface area (Å²) >= 11 is 0. The number of hydrogen-bond donors (Lipinski definition) is 0. The van der Waals surface area contributed by atoms with Crippen molar-refractivity contribution in [3.63, 3.8) is 0 Å². The number of benzene rings is 1. The van der Waals surface area contributed by atoms with Crippen molar-refractivity contribution in [2.75, 3.05) is 53.4 Å². The first kappa shape index (κ1) is 19.5. The molecule has 0 N–H and O–H groups in total. The molecule has 144 valence electrons. The number of aryl methyl sites for hydroxylation is 2. The van der Waals surface area contributed by atoms with Gasteiger partial charge in [-0.15, -0.1) is 0 Å². The van der Waals surface area contributed by atoms with Crippen molar-refractivity contribution in [2.45, 2.75) is 13.8 Å². The van der Waals surface area contributed by atoms with E-state index in [4.69, 9.17) is 0 Å². The maximum Gasteiger partial charge on any atom is 0.253 e. The lowest BCUT2D eigenvalue weighted by atomic mass is 10.0. The van der Waals surface area contributed by atoms with Crippen molar-refractivity contribution in [3.8, 4) is 11.1 Å². The highest BCUT2D eigenvalue weighted by Gasteiger charge is 2.22. The molecule has 0 aliphatic carbocycles. The van der Waals surface area contributed by atoms with E-state index in [1.54, 1.807) is 0 Å². The van der Waals surface area contributed by atoms with Crippen molar-refractivity contribution in [1.29, 1.82) is 0 Å². The van der Waals surface area contributed by atoms with Crippen molar-refractivity contribution >= 4 is 5.91 Å². The third-order valence-corrected chi connectivity index (χ3v) is 5.17. The van der Waals surface area contributed by atoms with Gasteiger partial charge in [-0.1, -0.05) is 18.2 Å². The number of piperazine rings is 1. The summed E-state index contributed by atoms with van der Waals surface area (Å²) < 4.78 is 0. The average molecular weight is 367 g/mol. The van der Waals surface area contributed by atoms with Gasteiger partial charge in [0.25, 0.3) is 5.91 Å². The van der Waals surface area contributed by atoms with Crippen LogP contribution in [-0.4, -0.2) is 79.0 Å². The number of carbonyl (C=O) groups is 1. The van der Waals surface area contributed by atoms with Gasteiger partial charge in [0.15, 0.2) is 0 Å². The SMILES string of the molecule is Cc1ccc(-c2cccc(C(=O)N3CCN(CCN(C)C)CC3)c2)c(C)n1. The molecule has 5 heteroatoms. The highest BCUT2D eigenvalue weighted by atomic mass is 16.2. The van der Waals surface area contributed by atoms with E-state index in [2.05, 4.69) is 41.0 Å². The molecule has 0 saturated carbocycles. The minimum Gasteiger partial charge on any atom is -0.336 e. The number of carbonyl (C=O) groups excluding carboxylic acids is 1. The van der Waals surface area contributed by atoms with Gasteiger partial charge >= 0.3 is 0 Å². The fourth-order valence-electron chi connectivity index (χ4n) is 3.51. The van der Waals surface area contributed by atoms with Gasteiger partial charge in [0.05, 0.1) is 0 Å². The largest absolute Gasteiger partial charge is 0.336 e. The number of nitrogens with zero attached hydrogens (tertiary/aromatic N) is 4. The van der Waals surface area contributed by atoms with Gasteiger partial charge in [0.1, 0.15) is 0 Å². The maximum atomic E-state index is 13.0. The van der Waals surface area contributed by atoms with Crippen LogP contribution in [0.1, 0.15) is 21.7 Å². The Morgan fingerprint density at radius 1 is 1.07 bits per heavy atom. The maximum absolute atomic E-state index is 13.0. The van der Waals surface area contributed by atoms with Gasteiger partial charge in [-0.05, 0) is 51.7 Å². The fraction of sp³-hybridized carbons (Fsp3) is 0.455. The van der Waals surface area contributed by atoms with Crippen LogP contribution in [0.2, 0.25) is 0 Å². The van der Waals surface area contributed by atoms with Gasteiger partial charge in [-0.25, -0.2) is 0 Å². The lowest BCUT2D eigenvalue weighted by Gasteiger charge is -2.35. The average Bonchev–Trinajstić information content (AvgIpc) is 2.66. The predicted octanol–water partition coefficient (Wildman–Crippen LogP) is 2.68. The minimum atomic E-state index is 0.127. The van der Waals surface area contributed by atoms with Gasteiger partial charge in [0, 0.05) is 61.8 Å². The monoisotopic (exact) mass is 366 g/mol. The second-order valence-corrected chi connectivity index (χ2v) is 7.60. The first-order valence-electron chi connectivity index (χ1n) is 9.65. The number of amides is 1. The molecule has 0 unspecified atom stereocenters. The predicted molar refractivity (Wildman–Crippen MR) is 110 cm³/mol. The first-order valence-corrected chi connectivity index (χ1v) is 9.65. The second-order valence-electron chi connectivity index (χ2n) is 7.60. The molecule has 0 bridgehead atoms. The van der Waals surface area contributed by atoms with E-state index in [9.17, 15) is 4.79 Å². The van der Waals surface area contributed by atoms with E-state index < -0.39 is 0 Å². The number of rotatable bonds is 5. The molecule has 1 amide bonds. The first-order chi connectivity index (χ1) is 12.9. The van der Waals surface area contributed by atoms with E-state index in [1.165, 1.54) is 0 Å². The third kappa shape index (κ3) is 4.93. The van der Waals surface area contributed by atoms with Crippen molar-refractivity contribution in [2.24, 2.45) is 0 Å². The van der Waals surface area contributed by atoms with Crippen LogP contribution < -0.4 is 0 Å². The topological polar surface area (TPSA) is 39.7 Å². The Labute approximate surface area is 162 Å². The number of likely N-dealkylation sites (N-methyl/N-ethyl adjacent to an activating group) is 1. The van der Waals surface area contributed by atoms with Gasteiger partial charge in [0.2, 0.25) is 0 Å². The zero-order valence-electron chi connectivity index (χ0n) is 16.9. The van der Waals surface area contributed by atoms with Crippen molar-refractivity contribution in [1.82, 2.24) is 19.7 Å². The van der Waals surface area contributed by atoms with E-state index in [1.807, 2.05) is 43.0 Å². The third-order valence-electron chi connectivity index (χ3n) is 5.17. The van der Waals surface area contributed by atoms with Crippen LogP contribution in [-0.2, 0) is 0 Å². The molecule has 0 radical (unpaired) electrons. The quantitative estimate of drug-likeness (QED) is 0.816. The lowest BCUT2D eigenvalue weighted by molar-refractivity contribution is 0.0630. The minimum absolute atomic E-state index is 0.127. The summed E-state index contributed by atoms with van der Waals surface area (Å²) in [6.45, 7) is 9.60. The van der Waals surface area contributed by atoms with Crippen LogP contribution in [0.15, 0.2) is 36.4 Å². The molecule has 1 saturated heterocycles. The second kappa shape index (κ2) is 8.63. The molecule has 0 atom stereocenters. The van der Waals surface area contributed by atoms with Crippen molar-refractivity contribution in [3.05, 3.63) is 53.3 Å². The normalized spacial score (nSPS) is 15.4. The Kier molecular flexibility index (Phi) is 6.24. The fourth-order valence-corrected chi connectivity index (χ4v) is 3.51.